The molecule has 0 spiro atoms. The van der Waals surface area contributed by atoms with Gasteiger partial charge >= 0.3 is 0 Å². The molecule has 0 unspecified atom stereocenters. The highest BCUT2D eigenvalue weighted by atomic mass is 16.6. The first-order valence-electron chi connectivity index (χ1n) is 7.91. The van der Waals surface area contributed by atoms with Gasteiger partial charge in [-0.1, -0.05) is 13.8 Å². The van der Waals surface area contributed by atoms with Crippen LogP contribution in [0.2, 0.25) is 0 Å². The third-order valence-electron chi connectivity index (χ3n) is 2.53. The second-order valence-corrected chi connectivity index (χ2v) is 5.16. The van der Waals surface area contributed by atoms with Crippen molar-refractivity contribution < 1.29 is 28.5 Å². The van der Waals surface area contributed by atoms with Crippen LogP contribution in [-0.4, -0.2) is 78.3 Å². The molecule has 8 heteroatoms. The van der Waals surface area contributed by atoms with E-state index in [1.165, 1.54) is 0 Å². The van der Waals surface area contributed by atoms with Gasteiger partial charge < -0.3 is 29.6 Å². The largest absolute Gasteiger partial charge is 0.377 e. The van der Waals surface area contributed by atoms with Crippen LogP contribution >= 0.6 is 0 Å². The lowest BCUT2D eigenvalue weighted by atomic mass is 10.2. The van der Waals surface area contributed by atoms with Crippen LogP contribution in [0, 0.1) is 5.92 Å². The zero-order valence-electron chi connectivity index (χ0n) is 14.2. The molecule has 0 bridgehead atoms. The molecule has 0 atom stereocenters. The van der Waals surface area contributed by atoms with Gasteiger partial charge in [-0.25, -0.2) is 0 Å². The second kappa shape index (κ2) is 17.1. The first-order chi connectivity index (χ1) is 11.2. The van der Waals surface area contributed by atoms with Gasteiger partial charge in [-0.3, -0.25) is 9.59 Å². The average Bonchev–Trinajstić information content (AvgIpc) is 2.53. The van der Waals surface area contributed by atoms with Gasteiger partial charge in [0.25, 0.3) is 0 Å². The van der Waals surface area contributed by atoms with Crippen molar-refractivity contribution in [2.75, 3.05) is 65.9 Å². The van der Waals surface area contributed by atoms with E-state index in [2.05, 4.69) is 10.6 Å². The number of amides is 2. The Kier molecular flexibility index (Phi) is 16.2. The van der Waals surface area contributed by atoms with E-state index in [9.17, 15) is 9.59 Å². The van der Waals surface area contributed by atoms with Crippen molar-refractivity contribution in [3.63, 3.8) is 0 Å². The number of ether oxygens (including phenoxy) is 4. The van der Waals surface area contributed by atoms with Gasteiger partial charge in [-0.15, -0.1) is 0 Å². The summed E-state index contributed by atoms with van der Waals surface area (Å²) in [6.07, 6.45) is 0.638. The van der Waals surface area contributed by atoms with E-state index in [0.717, 1.165) is 0 Å². The molecule has 0 aliphatic rings. The summed E-state index contributed by atoms with van der Waals surface area (Å²) in [7, 11) is 0. The molecule has 0 aliphatic carbocycles. The van der Waals surface area contributed by atoms with Crippen LogP contribution in [0.3, 0.4) is 0 Å². The molecule has 23 heavy (non-hydrogen) atoms. The molecule has 0 aromatic heterocycles. The maximum absolute atomic E-state index is 11.3. The van der Waals surface area contributed by atoms with Crippen molar-refractivity contribution in [3.05, 3.63) is 0 Å². The van der Waals surface area contributed by atoms with Crippen molar-refractivity contribution in [3.8, 4) is 0 Å². The minimum Gasteiger partial charge on any atom is -0.377 e. The summed E-state index contributed by atoms with van der Waals surface area (Å²) in [5, 5.41) is 5.27. The first kappa shape index (κ1) is 21.8. The fraction of sp³-hybridized carbons (Fsp3) is 0.867. The number of carbonyl (C=O) groups excluding carboxylic acids is 2. The molecule has 0 aromatic rings. The topological polar surface area (TPSA) is 95.1 Å². The summed E-state index contributed by atoms with van der Waals surface area (Å²) in [6, 6.07) is 0. The summed E-state index contributed by atoms with van der Waals surface area (Å²) in [6.45, 7) is 8.48. The lowest BCUT2D eigenvalue weighted by molar-refractivity contribution is -0.126. The lowest BCUT2D eigenvalue weighted by Crippen LogP contribution is -2.31. The van der Waals surface area contributed by atoms with Crippen molar-refractivity contribution in [1.29, 1.82) is 0 Å². The monoisotopic (exact) mass is 334 g/mol. The van der Waals surface area contributed by atoms with Crippen molar-refractivity contribution in [2.24, 2.45) is 5.92 Å². The van der Waals surface area contributed by atoms with E-state index in [0.29, 0.717) is 71.7 Å². The van der Waals surface area contributed by atoms with Gasteiger partial charge in [0.15, 0.2) is 0 Å². The third kappa shape index (κ3) is 18.7. The van der Waals surface area contributed by atoms with Crippen LogP contribution in [0.5, 0.6) is 0 Å². The number of nitrogens with one attached hydrogen (secondary N) is 2. The van der Waals surface area contributed by atoms with Gasteiger partial charge in [0.1, 0.15) is 6.61 Å². The Hall–Kier alpha value is -1.22. The highest BCUT2D eigenvalue weighted by molar-refractivity contribution is 5.77. The number of carbonyl (C=O) groups is 2. The molecule has 0 aliphatic heterocycles. The van der Waals surface area contributed by atoms with Crippen molar-refractivity contribution >= 4 is 12.3 Å². The summed E-state index contributed by atoms with van der Waals surface area (Å²) in [4.78, 5) is 21.3. The maximum Gasteiger partial charge on any atom is 0.246 e. The van der Waals surface area contributed by atoms with E-state index in [4.69, 9.17) is 18.9 Å². The molecule has 0 saturated carbocycles. The second-order valence-electron chi connectivity index (χ2n) is 5.16. The van der Waals surface area contributed by atoms with Gasteiger partial charge in [-0.05, 0) is 5.92 Å². The fourth-order valence-corrected chi connectivity index (χ4v) is 1.38. The van der Waals surface area contributed by atoms with Crippen LogP contribution in [0.4, 0.5) is 0 Å². The van der Waals surface area contributed by atoms with Gasteiger partial charge in [0, 0.05) is 13.1 Å². The van der Waals surface area contributed by atoms with Gasteiger partial charge in [0.05, 0.1) is 46.2 Å². The predicted molar refractivity (Wildman–Crippen MR) is 85.2 cm³/mol. The molecular formula is C15H30N2O6. The molecule has 0 fully saturated rings. The van der Waals surface area contributed by atoms with Gasteiger partial charge in [-0.2, -0.15) is 0 Å². The van der Waals surface area contributed by atoms with E-state index < -0.39 is 0 Å². The Labute approximate surface area is 138 Å². The van der Waals surface area contributed by atoms with E-state index in [1.54, 1.807) is 0 Å². The van der Waals surface area contributed by atoms with Crippen molar-refractivity contribution in [1.82, 2.24) is 10.6 Å². The quantitative estimate of drug-likeness (QED) is 0.277. The summed E-state index contributed by atoms with van der Waals surface area (Å²) in [5.41, 5.74) is 0. The minimum atomic E-state index is -0.106. The molecule has 8 nitrogen and oxygen atoms in total. The highest BCUT2D eigenvalue weighted by Gasteiger charge is 2.01. The molecule has 0 heterocycles. The van der Waals surface area contributed by atoms with Crippen LogP contribution in [-0.2, 0) is 28.5 Å². The molecule has 2 amide bonds. The molecule has 2 N–H and O–H groups in total. The Morgan fingerprint density at radius 3 is 1.96 bits per heavy atom. The Morgan fingerprint density at radius 1 is 0.913 bits per heavy atom. The lowest BCUT2D eigenvalue weighted by Gasteiger charge is -2.09. The standard InChI is InChI=1S/C15H30N2O6/c1-14(2)11-17-15(19)12-23-10-9-22-8-7-21-6-5-20-4-3-16-13-18/h13-14H,3-12H2,1-2H3,(H,16,18)(H,17,19). The molecule has 0 radical (unpaired) electrons. The first-order valence-corrected chi connectivity index (χ1v) is 7.91. The predicted octanol–water partition coefficient (Wildman–Crippen LogP) is -0.429. The molecular weight excluding hydrogens is 304 g/mol. The minimum absolute atomic E-state index is 0.0584. The van der Waals surface area contributed by atoms with Gasteiger partial charge in [0.2, 0.25) is 12.3 Å². The SMILES string of the molecule is CC(C)CNC(=O)COCCOCCOCCOCCNC=O. The molecule has 0 aromatic carbocycles. The molecule has 0 saturated heterocycles. The zero-order valence-corrected chi connectivity index (χ0v) is 14.2. The molecule has 136 valence electrons. The zero-order chi connectivity index (χ0) is 17.2. The Morgan fingerprint density at radius 2 is 1.43 bits per heavy atom. The van der Waals surface area contributed by atoms with Crippen LogP contribution in [0.1, 0.15) is 13.8 Å². The summed E-state index contributed by atoms with van der Waals surface area (Å²) >= 11 is 0. The van der Waals surface area contributed by atoms with Crippen LogP contribution in [0.25, 0.3) is 0 Å². The highest BCUT2D eigenvalue weighted by Crippen LogP contribution is 1.87. The van der Waals surface area contributed by atoms with E-state index in [-0.39, 0.29) is 12.5 Å². The smallest absolute Gasteiger partial charge is 0.246 e. The maximum atomic E-state index is 11.3. The fourth-order valence-electron chi connectivity index (χ4n) is 1.38. The Balaban J connectivity index is 3.10. The van der Waals surface area contributed by atoms with Crippen molar-refractivity contribution in [2.45, 2.75) is 13.8 Å². The normalized spacial score (nSPS) is 10.7. The Bertz CT molecular complexity index is 289. The van der Waals surface area contributed by atoms with E-state index >= 15 is 0 Å². The van der Waals surface area contributed by atoms with Crippen LogP contribution in [0.15, 0.2) is 0 Å². The average molecular weight is 334 g/mol. The number of hydrogen-bond acceptors (Lipinski definition) is 6. The van der Waals surface area contributed by atoms with E-state index in [1.807, 2.05) is 13.8 Å². The summed E-state index contributed by atoms with van der Waals surface area (Å²) in [5.74, 6) is 0.325. The number of hydrogen-bond donors (Lipinski definition) is 2. The molecule has 0 rings (SSSR count). The number of rotatable bonds is 17. The summed E-state index contributed by atoms with van der Waals surface area (Å²) < 4.78 is 21.0. The van der Waals surface area contributed by atoms with Crippen LogP contribution < -0.4 is 10.6 Å². The third-order valence-corrected chi connectivity index (χ3v) is 2.53.